The number of carbonyl (C=O) groups is 1. The van der Waals surface area contributed by atoms with Crippen LogP contribution in [0.25, 0.3) is 10.8 Å². The molecule has 0 unspecified atom stereocenters. The predicted molar refractivity (Wildman–Crippen MR) is 94.2 cm³/mol. The summed E-state index contributed by atoms with van der Waals surface area (Å²) >= 11 is 0. The molecule has 0 spiro atoms. The van der Waals surface area contributed by atoms with Crippen LogP contribution in [-0.2, 0) is 6.54 Å². The molecular weight excluding hydrogens is 304 g/mol. The number of hydrogen-bond acceptors (Lipinski definition) is 4. The van der Waals surface area contributed by atoms with Crippen LogP contribution in [0.4, 0.5) is 0 Å². The molecule has 0 saturated carbocycles. The van der Waals surface area contributed by atoms with E-state index in [0.29, 0.717) is 23.0 Å². The van der Waals surface area contributed by atoms with Gasteiger partial charge >= 0.3 is 0 Å². The van der Waals surface area contributed by atoms with E-state index in [4.69, 9.17) is 0 Å². The van der Waals surface area contributed by atoms with Gasteiger partial charge in [0.2, 0.25) is 0 Å². The molecule has 1 fully saturated rings. The van der Waals surface area contributed by atoms with Crippen molar-refractivity contribution in [3.8, 4) is 0 Å². The molecule has 1 aromatic heterocycles. The zero-order chi connectivity index (χ0) is 17.1. The van der Waals surface area contributed by atoms with Crippen LogP contribution in [0.1, 0.15) is 37.2 Å². The second-order valence-corrected chi connectivity index (χ2v) is 6.77. The fourth-order valence-corrected chi connectivity index (χ4v) is 3.09. The van der Waals surface area contributed by atoms with E-state index in [2.05, 4.69) is 15.7 Å². The summed E-state index contributed by atoms with van der Waals surface area (Å²) < 4.78 is 1.42. The lowest BCUT2D eigenvalue weighted by Crippen LogP contribution is -2.43. The number of carbonyl (C=O) groups excluding carboxylic acids is 1. The molecule has 24 heavy (non-hydrogen) atoms. The zero-order valence-electron chi connectivity index (χ0n) is 14.2. The van der Waals surface area contributed by atoms with Crippen molar-refractivity contribution in [2.24, 2.45) is 5.92 Å². The Morgan fingerprint density at radius 1 is 1.29 bits per heavy atom. The average Bonchev–Trinajstić information content (AvgIpc) is 2.58. The standard InChI is InChI=1S/C18H24N4O2/c1-12(2)11-22-18(24)15-6-4-3-5-14(15)16(21-22)17(23)20-13-7-9-19-10-8-13/h3-6,12-13,19H,7-11H2,1-2H3,(H,20,23). The van der Waals surface area contributed by atoms with Crippen molar-refractivity contribution < 1.29 is 4.79 Å². The molecule has 1 aromatic carbocycles. The van der Waals surface area contributed by atoms with E-state index in [1.54, 1.807) is 12.1 Å². The largest absolute Gasteiger partial charge is 0.348 e. The molecule has 2 N–H and O–H groups in total. The van der Waals surface area contributed by atoms with Crippen LogP contribution in [-0.4, -0.2) is 34.8 Å². The summed E-state index contributed by atoms with van der Waals surface area (Å²) in [5.41, 5.74) is 0.196. The topological polar surface area (TPSA) is 76.0 Å². The Kier molecular flexibility index (Phi) is 4.94. The third kappa shape index (κ3) is 3.48. The number of amides is 1. The van der Waals surface area contributed by atoms with E-state index in [1.807, 2.05) is 26.0 Å². The normalized spacial score (nSPS) is 15.8. The first kappa shape index (κ1) is 16.6. The minimum Gasteiger partial charge on any atom is -0.348 e. The minimum absolute atomic E-state index is 0.141. The van der Waals surface area contributed by atoms with Gasteiger partial charge in [-0.2, -0.15) is 5.10 Å². The van der Waals surface area contributed by atoms with Crippen molar-refractivity contribution in [1.82, 2.24) is 20.4 Å². The Hall–Kier alpha value is -2.21. The van der Waals surface area contributed by atoms with Gasteiger partial charge in [0.25, 0.3) is 11.5 Å². The fraction of sp³-hybridized carbons (Fsp3) is 0.500. The molecule has 3 rings (SSSR count). The Balaban J connectivity index is 2.00. The van der Waals surface area contributed by atoms with E-state index in [1.165, 1.54) is 4.68 Å². The summed E-state index contributed by atoms with van der Waals surface area (Å²) in [4.78, 5) is 25.4. The van der Waals surface area contributed by atoms with Gasteiger partial charge in [-0.3, -0.25) is 9.59 Å². The molecule has 1 aliphatic heterocycles. The first-order valence-electron chi connectivity index (χ1n) is 8.57. The minimum atomic E-state index is -0.199. The Labute approximate surface area is 141 Å². The Morgan fingerprint density at radius 3 is 2.62 bits per heavy atom. The van der Waals surface area contributed by atoms with Gasteiger partial charge in [0.05, 0.1) is 5.39 Å². The number of piperidine rings is 1. The van der Waals surface area contributed by atoms with Crippen LogP contribution >= 0.6 is 0 Å². The lowest BCUT2D eigenvalue weighted by molar-refractivity contribution is 0.0923. The average molecular weight is 328 g/mol. The summed E-state index contributed by atoms with van der Waals surface area (Å²) in [5, 5.41) is 11.9. The zero-order valence-corrected chi connectivity index (χ0v) is 14.2. The summed E-state index contributed by atoms with van der Waals surface area (Å²) in [5.74, 6) is 0.0762. The van der Waals surface area contributed by atoms with Crippen molar-refractivity contribution in [2.45, 2.75) is 39.3 Å². The highest BCUT2D eigenvalue weighted by Crippen LogP contribution is 2.14. The van der Waals surface area contributed by atoms with Crippen LogP contribution in [0.2, 0.25) is 0 Å². The molecule has 1 amide bonds. The third-order valence-electron chi connectivity index (χ3n) is 4.30. The number of fused-ring (bicyclic) bond motifs is 1. The van der Waals surface area contributed by atoms with Crippen LogP contribution in [0.15, 0.2) is 29.1 Å². The Bertz CT molecular complexity index is 791. The molecule has 2 heterocycles. The highest BCUT2D eigenvalue weighted by atomic mass is 16.2. The molecular formula is C18H24N4O2. The maximum Gasteiger partial charge on any atom is 0.274 e. The smallest absolute Gasteiger partial charge is 0.274 e. The molecule has 1 aliphatic rings. The number of benzene rings is 1. The highest BCUT2D eigenvalue weighted by molar-refractivity contribution is 6.04. The first-order chi connectivity index (χ1) is 11.6. The van der Waals surface area contributed by atoms with Crippen molar-refractivity contribution in [1.29, 1.82) is 0 Å². The van der Waals surface area contributed by atoms with Crippen molar-refractivity contribution in [3.05, 3.63) is 40.3 Å². The molecule has 0 bridgehead atoms. The molecule has 0 atom stereocenters. The molecule has 6 nitrogen and oxygen atoms in total. The van der Waals surface area contributed by atoms with Gasteiger partial charge in [0.1, 0.15) is 0 Å². The van der Waals surface area contributed by atoms with E-state index in [9.17, 15) is 9.59 Å². The third-order valence-corrected chi connectivity index (χ3v) is 4.30. The van der Waals surface area contributed by atoms with E-state index >= 15 is 0 Å². The quantitative estimate of drug-likeness (QED) is 0.892. The van der Waals surface area contributed by atoms with Crippen LogP contribution in [0.5, 0.6) is 0 Å². The summed E-state index contributed by atoms with van der Waals surface area (Å²) in [6.07, 6.45) is 1.82. The summed E-state index contributed by atoms with van der Waals surface area (Å²) in [6, 6.07) is 7.36. The van der Waals surface area contributed by atoms with Gasteiger partial charge in [-0.05, 0) is 37.9 Å². The maximum absolute atomic E-state index is 12.8. The van der Waals surface area contributed by atoms with Gasteiger partial charge in [-0.15, -0.1) is 0 Å². The summed E-state index contributed by atoms with van der Waals surface area (Å²) in [6.45, 7) is 6.37. The van der Waals surface area contributed by atoms with E-state index in [-0.39, 0.29) is 23.4 Å². The number of hydrogen-bond donors (Lipinski definition) is 2. The van der Waals surface area contributed by atoms with E-state index < -0.39 is 0 Å². The fourth-order valence-electron chi connectivity index (χ4n) is 3.09. The lowest BCUT2D eigenvalue weighted by Gasteiger charge is -2.23. The summed E-state index contributed by atoms with van der Waals surface area (Å²) in [7, 11) is 0. The van der Waals surface area contributed by atoms with Crippen molar-refractivity contribution >= 4 is 16.7 Å². The van der Waals surface area contributed by atoms with Gasteiger partial charge in [0.15, 0.2) is 5.69 Å². The Morgan fingerprint density at radius 2 is 1.96 bits per heavy atom. The molecule has 1 saturated heterocycles. The predicted octanol–water partition coefficient (Wildman–Crippen LogP) is 1.53. The van der Waals surface area contributed by atoms with Crippen LogP contribution in [0, 0.1) is 5.92 Å². The van der Waals surface area contributed by atoms with Crippen LogP contribution < -0.4 is 16.2 Å². The van der Waals surface area contributed by atoms with Gasteiger partial charge < -0.3 is 10.6 Å². The molecule has 128 valence electrons. The first-order valence-corrected chi connectivity index (χ1v) is 8.57. The van der Waals surface area contributed by atoms with Gasteiger partial charge in [0, 0.05) is 18.0 Å². The van der Waals surface area contributed by atoms with E-state index in [0.717, 1.165) is 25.9 Å². The van der Waals surface area contributed by atoms with Crippen LogP contribution in [0.3, 0.4) is 0 Å². The monoisotopic (exact) mass is 328 g/mol. The molecule has 0 aliphatic carbocycles. The molecule has 2 aromatic rings. The SMILES string of the molecule is CC(C)Cn1nc(C(=O)NC2CCNCC2)c2ccccc2c1=O. The van der Waals surface area contributed by atoms with Gasteiger partial charge in [-0.1, -0.05) is 32.0 Å². The highest BCUT2D eigenvalue weighted by Gasteiger charge is 2.21. The molecule has 6 heteroatoms. The molecule has 0 radical (unpaired) electrons. The number of aromatic nitrogens is 2. The second kappa shape index (κ2) is 7.13. The number of nitrogens with one attached hydrogen (secondary N) is 2. The second-order valence-electron chi connectivity index (χ2n) is 6.77. The van der Waals surface area contributed by atoms with Gasteiger partial charge in [-0.25, -0.2) is 4.68 Å². The maximum atomic E-state index is 12.8. The lowest BCUT2D eigenvalue weighted by atomic mass is 10.1. The number of rotatable bonds is 4. The number of nitrogens with zero attached hydrogens (tertiary/aromatic N) is 2. The van der Waals surface area contributed by atoms with Crippen molar-refractivity contribution in [2.75, 3.05) is 13.1 Å². The van der Waals surface area contributed by atoms with Crippen molar-refractivity contribution in [3.63, 3.8) is 0 Å².